The second kappa shape index (κ2) is 4.35. The van der Waals surface area contributed by atoms with Gasteiger partial charge in [0, 0.05) is 5.03 Å². The van der Waals surface area contributed by atoms with E-state index in [0.717, 1.165) is 10.6 Å². The minimum absolute atomic E-state index is 0.732. The van der Waals surface area contributed by atoms with Gasteiger partial charge in [-0.15, -0.1) is 0 Å². The zero-order chi connectivity index (χ0) is 8.15. The lowest BCUT2D eigenvalue weighted by atomic mass is 10.1. The van der Waals surface area contributed by atoms with Gasteiger partial charge < -0.3 is 0 Å². The molecule has 0 heterocycles. The Kier molecular flexibility index (Phi) is 4.13. The molecule has 0 aliphatic carbocycles. The number of hydrogen-bond acceptors (Lipinski definition) is 0. The molecule has 0 amide bonds. The van der Waals surface area contributed by atoms with Gasteiger partial charge in [0.2, 0.25) is 0 Å². The number of hydrogen-bond donors (Lipinski definition) is 0. The quantitative estimate of drug-likeness (QED) is 0.536. The van der Waals surface area contributed by atoms with E-state index in [-0.39, 0.29) is 0 Å². The third-order valence-electron chi connectivity index (χ3n) is 1.56. The molecule has 0 aromatic carbocycles. The van der Waals surface area contributed by atoms with Crippen molar-refractivity contribution in [3.05, 3.63) is 34.9 Å². The van der Waals surface area contributed by atoms with Crippen LogP contribution in [0.3, 0.4) is 0 Å². The Morgan fingerprint density at radius 1 is 1.40 bits per heavy atom. The molecule has 0 rings (SSSR count). The molecule has 56 valence electrons. The molecule has 0 N–H and O–H groups in total. The van der Waals surface area contributed by atoms with E-state index in [2.05, 4.69) is 6.58 Å². The fourth-order valence-corrected chi connectivity index (χ4v) is 0.707. The summed E-state index contributed by atoms with van der Waals surface area (Å²) < 4.78 is 0. The van der Waals surface area contributed by atoms with Crippen molar-refractivity contribution < 1.29 is 0 Å². The van der Waals surface area contributed by atoms with Gasteiger partial charge in [0.15, 0.2) is 0 Å². The fraction of sp³-hybridized carbons (Fsp3) is 0.333. The number of halogens is 1. The molecule has 1 heteroatoms. The lowest BCUT2D eigenvalue weighted by Crippen LogP contribution is -1.80. The average Bonchev–Trinajstić information content (AvgIpc) is 2.00. The van der Waals surface area contributed by atoms with E-state index in [1.165, 1.54) is 5.57 Å². The second-order valence-electron chi connectivity index (χ2n) is 2.15. The van der Waals surface area contributed by atoms with Crippen LogP contribution in [-0.2, 0) is 0 Å². The molecule has 10 heavy (non-hydrogen) atoms. The van der Waals surface area contributed by atoms with Gasteiger partial charge in [0.05, 0.1) is 0 Å². The third-order valence-corrected chi connectivity index (χ3v) is 2.00. The van der Waals surface area contributed by atoms with Crippen molar-refractivity contribution >= 4 is 11.6 Å². The van der Waals surface area contributed by atoms with Crippen molar-refractivity contribution in [2.75, 3.05) is 0 Å². The topological polar surface area (TPSA) is 0 Å². The van der Waals surface area contributed by atoms with Crippen LogP contribution >= 0.6 is 11.6 Å². The van der Waals surface area contributed by atoms with Crippen molar-refractivity contribution in [2.24, 2.45) is 0 Å². The molecule has 0 aliphatic rings. The highest BCUT2D eigenvalue weighted by Gasteiger charge is 1.95. The molecule has 0 aromatic rings. The molecule has 0 bridgehead atoms. The first-order valence-electron chi connectivity index (χ1n) is 3.25. The van der Waals surface area contributed by atoms with Crippen LogP contribution in [0.25, 0.3) is 0 Å². The van der Waals surface area contributed by atoms with E-state index in [1.54, 1.807) is 6.08 Å². The lowest BCUT2D eigenvalue weighted by Gasteiger charge is -2.00. The molecular formula is C9H13Cl. The Labute approximate surface area is 67.9 Å². The molecule has 0 spiro atoms. The minimum atomic E-state index is 0.732. The maximum absolute atomic E-state index is 5.81. The Bertz CT molecular complexity index is 185. The lowest BCUT2D eigenvalue weighted by molar-refractivity contribution is 1.32. The summed E-state index contributed by atoms with van der Waals surface area (Å²) in [4.78, 5) is 0. The van der Waals surface area contributed by atoms with Crippen LogP contribution in [0.4, 0.5) is 0 Å². The molecule has 0 aliphatic heterocycles. The van der Waals surface area contributed by atoms with Crippen LogP contribution in [0.5, 0.6) is 0 Å². The van der Waals surface area contributed by atoms with Crippen molar-refractivity contribution in [2.45, 2.75) is 20.8 Å². The van der Waals surface area contributed by atoms with E-state index in [1.807, 2.05) is 26.8 Å². The van der Waals surface area contributed by atoms with Crippen LogP contribution in [0.15, 0.2) is 34.9 Å². The summed E-state index contributed by atoms with van der Waals surface area (Å²) >= 11 is 5.81. The minimum Gasteiger partial charge on any atom is -0.0976 e. The Hall–Kier alpha value is -0.490. The first kappa shape index (κ1) is 9.51. The molecule has 0 unspecified atom stereocenters. The van der Waals surface area contributed by atoms with E-state index in [9.17, 15) is 0 Å². The highest BCUT2D eigenvalue weighted by molar-refractivity contribution is 6.31. The zero-order valence-electron chi connectivity index (χ0n) is 6.74. The summed E-state index contributed by atoms with van der Waals surface area (Å²) in [5, 5.41) is 0.732. The van der Waals surface area contributed by atoms with Crippen LogP contribution in [-0.4, -0.2) is 0 Å². The van der Waals surface area contributed by atoms with Crippen molar-refractivity contribution in [1.82, 2.24) is 0 Å². The zero-order valence-corrected chi connectivity index (χ0v) is 7.50. The first-order valence-corrected chi connectivity index (χ1v) is 3.63. The van der Waals surface area contributed by atoms with Crippen LogP contribution in [0, 0.1) is 0 Å². The molecule has 0 radical (unpaired) electrons. The Morgan fingerprint density at radius 3 is 2.20 bits per heavy atom. The fourth-order valence-electron chi connectivity index (χ4n) is 0.558. The van der Waals surface area contributed by atoms with Crippen molar-refractivity contribution in [3.63, 3.8) is 0 Å². The molecule has 0 fully saturated rings. The largest absolute Gasteiger partial charge is 0.0976 e. The summed E-state index contributed by atoms with van der Waals surface area (Å²) in [6.45, 7) is 9.59. The number of allylic oxidation sites excluding steroid dienone is 5. The van der Waals surface area contributed by atoms with Gasteiger partial charge in [-0.3, -0.25) is 0 Å². The Balaban J connectivity index is 4.63. The maximum Gasteiger partial charge on any atom is 0.0431 e. The molecule has 0 saturated heterocycles. The van der Waals surface area contributed by atoms with Crippen molar-refractivity contribution in [1.29, 1.82) is 0 Å². The number of rotatable bonds is 2. The van der Waals surface area contributed by atoms with Crippen molar-refractivity contribution in [3.8, 4) is 0 Å². The van der Waals surface area contributed by atoms with Crippen LogP contribution < -0.4 is 0 Å². The Morgan fingerprint density at radius 2 is 1.90 bits per heavy atom. The monoisotopic (exact) mass is 156 g/mol. The van der Waals surface area contributed by atoms with E-state index in [4.69, 9.17) is 11.6 Å². The van der Waals surface area contributed by atoms with E-state index >= 15 is 0 Å². The van der Waals surface area contributed by atoms with E-state index in [0.29, 0.717) is 0 Å². The SMILES string of the molecule is C=CC(Cl)=C(C)C(C)=CC. The van der Waals surface area contributed by atoms with Crippen LogP contribution in [0.2, 0.25) is 0 Å². The standard InChI is InChI=1S/C9H13Cl/c1-5-7(3)8(4)9(10)6-2/h5-6H,2H2,1,3-4H3. The van der Waals surface area contributed by atoms with Gasteiger partial charge >= 0.3 is 0 Å². The smallest absolute Gasteiger partial charge is 0.0431 e. The molecule has 0 atom stereocenters. The second-order valence-corrected chi connectivity index (χ2v) is 2.56. The molecular weight excluding hydrogens is 144 g/mol. The highest BCUT2D eigenvalue weighted by Crippen LogP contribution is 2.17. The van der Waals surface area contributed by atoms with Gasteiger partial charge in [0.25, 0.3) is 0 Å². The summed E-state index contributed by atoms with van der Waals surface area (Å²) in [6.07, 6.45) is 3.69. The van der Waals surface area contributed by atoms with Gasteiger partial charge in [-0.1, -0.05) is 35.9 Å². The van der Waals surface area contributed by atoms with Gasteiger partial charge in [0.1, 0.15) is 0 Å². The summed E-state index contributed by atoms with van der Waals surface area (Å²) in [5.74, 6) is 0. The van der Waals surface area contributed by atoms with Crippen LogP contribution in [0.1, 0.15) is 20.8 Å². The summed E-state index contributed by atoms with van der Waals surface area (Å²) in [7, 11) is 0. The molecule has 0 nitrogen and oxygen atoms in total. The van der Waals surface area contributed by atoms with Gasteiger partial charge in [-0.2, -0.15) is 0 Å². The average molecular weight is 157 g/mol. The maximum atomic E-state index is 5.81. The molecule has 0 aromatic heterocycles. The third kappa shape index (κ3) is 2.40. The predicted molar refractivity (Wildman–Crippen MR) is 48.2 cm³/mol. The van der Waals surface area contributed by atoms with E-state index < -0.39 is 0 Å². The summed E-state index contributed by atoms with van der Waals surface area (Å²) in [5.41, 5.74) is 2.30. The molecule has 0 saturated carbocycles. The van der Waals surface area contributed by atoms with Gasteiger partial charge in [-0.05, 0) is 26.3 Å². The first-order chi connectivity index (χ1) is 4.63. The highest BCUT2D eigenvalue weighted by atomic mass is 35.5. The summed E-state index contributed by atoms with van der Waals surface area (Å²) in [6, 6.07) is 0. The predicted octanol–water partition coefficient (Wildman–Crippen LogP) is 3.65. The normalized spacial score (nSPS) is 14.6. The van der Waals surface area contributed by atoms with Gasteiger partial charge in [-0.25, -0.2) is 0 Å².